The molecule has 1 saturated heterocycles. The molecule has 1 aromatic carbocycles. The molecule has 1 aromatic rings. The highest BCUT2D eigenvalue weighted by molar-refractivity contribution is 5.85. The zero-order valence-corrected chi connectivity index (χ0v) is 15.9. The van der Waals surface area contributed by atoms with E-state index in [-0.39, 0.29) is 24.4 Å². The summed E-state index contributed by atoms with van der Waals surface area (Å²) >= 11 is 0. The maximum Gasteiger partial charge on any atom is 0.223 e. The fourth-order valence-electron chi connectivity index (χ4n) is 3.39. The number of methoxy groups -OCH3 is 1. The Hall–Kier alpha value is -1.26. The molecule has 1 N–H and O–H groups in total. The van der Waals surface area contributed by atoms with E-state index < -0.39 is 0 Å². The molecule has 1 aliphatic heterocycles. The molecule has 136 valence electrons. The van der Waals surface area contributed by atoms with Crippen molar-refractivity contribution in [3.05, 3.63) is 29.8 Å². The van der Waals surface area contributed by atoms with Gasteiger partial charge in [-0.25, -0.2) is 0 Å². The SMILES string of the molecule is CCN(C(=O)CCC1CCNCC1)C(C)c1cccc(OC)c1.Cl. The number of nitrogens with one attached hydrogen (secondary N) is 1. The van der Waals surface area contributed by atoms with Gasteiger partial charge in [0.25, 0.3) is 0 Å². The van der Waals surface area contributed by atoms with Crippen LogP contribution < -0.4 is 10.1 Å². The highest BCUT2D eigenvalue weighted by Gasteiger charge is 2.22. The Kier molecular flexibility index (Phi) is 9.16. The molecule has 24 heavy (non-hydrogen) atoms. The quantitative estimate of drug-likeness (QED) is 0.809. The van der Waals surface area contributed by atoms with Crippen LogP contribution in [0.25, 0.3) is 0 Å². The Labute approximate surface area is 152 Å². The molecular formula is C19H31ClN2O2. The predicted octanol–water partition coefficient (Wildman–Crippen LogP) is 3.81. The number of carbonyl (C=O) groups excluding carboxylic acids is 1. The molecule has 2 rings (SSSR count). The first-order valence-corrected chi connectivity index (χ1v) is 8.79. The molecule has 0 aromatic heterocycles. The molecular weight excluding hydrogens is 324 g/mol. The van der Waals surface area contributed by atoms with Crippen LogP contribution in [0.2, 0.25) is 0 Å². The molecule has 1 unspecified atom stereocenters. The Bertz CT molecular complexity index is 504. The molecule has 0 radical (unpaired) electrons. The minimum atomic E-state index is 0. The Morgan fingerprint density at radius 1 is 1.38 bits per heavy atom. The molecule has 0 aliphatic carbocycles. The lowest BCUT2D eigenvalue weighted by atomic mass is 9.93. The van der Waals surface area contributed by atoms with Crippen molar-refractivity contribution in [1.29, 1.82) is 0 Å². The van der Waals surface area contributed by atoms with E-state index in [4.69, 9.17) is 4.74 Å². The Morgan fingerprint density at radius 2 is 2.08 bits per heavy atom. The number of piperidine rings is 1. The number of rotatable bonds is 7. The van der Waals surface area contributed by atoms with Crippen LogP contribution in [0.5, 0.6) is 5.75 Å². The average molecular weight is 355 g/mol. The van der Waals surface area contributed by atoms with Gasteiger partial charge in [-0.2, -0.15) is 0 Å². The first kappa shape index (κ1) is 20.8. The largest absolute Gasteiger partial charge is 0.497 e. The molecule has 0 spiro atoms. The maximum atomic E-state index is 12.7. The topological polar surface area (TPSA) is 41.6 Å². The fourth-order valence-corrected chi connectivity index (χ4v) is 3.39. The average Bonchev–Trinajstić information content (AvgIpc) is 2.61. The van der Waals surface area contributed by atoms with Gasteiger partial charge in [-0.15, -0.1) is 12.4 Å². The van der Waals surface area contributed by atoms with Crippen molar-refractivity contribution in [2.45, 2.75) is 45.6 Å². The third-order valence-corrected chi connectivity index (χ3v) is 4.93. The molecule has 1 heterocycles. The summed E-state index contributed by atoms with van der Waals surface area (Å²) in [4.78, 5) is 14.6. The molecule has 4 nitrogen and oxygen atoms in total. The first-order valence-electron chi connectivity index (χ1n) is 8.79. The smallest absolute Gasteiger partial charge is 0.223 e. The van der Waals surface area contributed by atoms with Crippen LogP contribution in [0.3, 0.4) is 0 Å². The molecule has 5 heteroatoms. The van der Waals surface area contributed by atoms with E-state index in [0.717, 1.165) is 37.4 Å². The van der Waals surface area contributed by atoms with Crippen LogP contribution in [0.1, 0.15) is 51.1 Å². The lowest BCUT2D eigenvalue weighted by Gasteiger charge is -2.30. The summed E-state index contributed by atoms with van der Waals surface area (Å²) in [6.07, 6.45) is 4.07. The number of nitrogens with zero attached hydrogens (tertiary/aromatic N) is 1. The van der Waals surface area contributed by atoms with Gasteiger partial charge in [0.1, 0.15) is 5.75 Å². The van der Waals surface area contributed by atoms with Crippen LogP contribution >= 0.6 is 12.4 Å². The minimum absolute atomic E-state index is 0. The molecule has 0 saturated carbocycles. The highest BCUT2D eigenvalue weighted by atomic mass is 35.5. The Morgan fingerprint density at radius 3 is 2.71 bits per heavy atom. The second-order valence-electron chi connectivity index (χ2n) is 6.36. The van der Waals surface area contributed by atoms with Gasteiger partial charge in [0.15, 0.2) is 0 Å². The summed E-state index contributed by atoms with van der Waals surface area (Å²) in [6.45, 7) is 7.08. The summed E-state index contributed by atoms with van der Waals surface area (Å²) in [7, 11) is 1.67. The molecule has 0 bridgehead atoms. The van der Waals surface area contributed by atoms with Crippen LogP contribution in [0.15, 0.2) is 24.3 Å². The van der Waals surface area contributed by atoms with Crippen LogP contribution in [0, 0.1) is 5.92 Å². The molecule has 1 atom stereocenters. The second kappa shape index (κ2) is 10.6. The van der Waals surface area contributed by atoms with E-state index in [9.17, 15) is 4.79 Å². The normalized spacial score (nSPS) is 16.1. The summed E-state index contributed by atoms with van der Waals surface area (Å²) in [5, 5.41) is 3.38. The highest BCUT2D eigenvalue weighted by Crippen LogP contribution is 2.26. The van der Waals surface area contributed by atoms with E-state index in [1.165, 1.54) is 12.8 Å². The predicted molar refractivity (Wildman–Crippen MR) is 101 cm³/mol. The van der Waals surface area contributed by atoms with Gasteiger partial charge in [0.05, 0.1) is 13.2 Å². The second-order valence-corrected chi connectivity index (χ2v) is 6.36. The van der Waals surface area contributed by atoms with Crippen molar-refractivity contribution in [2.75, 3.05) is 26.7 Å². The van der Waals surface area contributed by atoms with E-state index in [1.807, 2.05) is 23.1 Å². The molecule has 1 amide bonds. The maximum absolute atomic E-state index is 12.7. The standard InChI is InChI=1S/C19H30N2O2.ClH/c1-4-21(15(2)17-6-5-7-18(14-17)23-3)19(22)9-8-16-10-12-20-13-11-16;/h5-7,14-16,20H,4,8-13H2,1-3H3;1H. The van der Waals surface area contributed by atoms with Crippen molar-refractivity contribution in [2.24, 2.45) is 5.92 Å². The Balaban J connectivity index is 0.00000288. The van der Waals surface area contributed by atoms with Crippen molar-refractivity contribution < 1.29 is 9.53 Å². The number of ether oxygens (including phenoxy) is 1. The number of carbonyl (C=O) groups is 1. The number of amides is 1. The third kappa shape index (κ3) is 5.67. The van der Waals surface area contributed by atoms with E-state index >= 15 is 0 Å². The zero-order valence-electron chi connectivity index (χ0n) is 15.1. The van der Waals surface area contributed by atoms with Gasteiger partial charge in [-0.1, -0.05) is 12.1 Å². The van der Waals surface area contributed by atoms with Crippen molar-refractivity contribution in [1.82, 2.24) is 10.2 Å². The fraction of sp³-hybridized carbons (Fsp3) is 0.632. The van der Waals surface area contributed by atoms with Gasteiger partial charge >= 0.3 is 0 Å². The van der Waals surface area contributed by atoms with Gasteiger partial charge in [0.2, 0.25) is 5.91 Å². The van der Waals surface area contributed by atoms with Gasteiger partial charge in [-0.3, -0.25) is 4.79 Å². The van der Waals surface area contributed by atoms with E-state index in [1.54, 1.807) is 7.11 Å². The van der Waals surface area contributed by atoms with Gasteiger partial charge in [0, 0.05) is 13.0 Å². The van der Waals surface area contributed by atoms with Gasteiger partial charge in [-0.05, 0) is 69.8 Å². The number of benzene rings is 1. The first-order chi connectivity index (χ1) is 11.2. The summed E-state index contributed by atoms with van der Waals surface area (Å²) in [5.41, 5.74) is 1.13. The summed E-state index contributed by atoms with van der Waals surface area (Å²) < 4.78 is 5.30. The van der Waals surface area contributed by atoms with Crippen molar-refractivity contribution in [3.8, 4) is 5.75 Å². The lowest BCUT2D eigenvalue weighted by Crippen LogP contribution is -2.34. The van der Waals surface area contributed by atoms with E-state index in [2.05, 4.69) is 25.2 Å². The van der Waals surface area contributed by atoms with Crippen molar-refractivity contribution >= 4 is 18.3 Å². The van der Waals surface area contributed by atoms with Crippen LogP contribution in [0.4, 0.5) is 0 Å². The zero-order chi connectivity index (χ0) is 16.7. The lowest BCUT2D eigenvalue weighted by molar-refractivity contribution is -0.133. The van der Waals surface area contributed by atoms with Crippen LogP contribution in [-0.2, 0) is 4.79 Å². The summed E-state index contributed by atoms with van der Waals surface area (Å²) in [5.74, 6) is 1.81. The van der Waals surface area contributed by atoms with E-state index in [0.29, 0.717) is 12.3 Å². The number of hydrogen-bond acceptors (Lipinski definition) is 3. The minimum Gasteiger partial charge on any atom is -0.497 e. The number of halogens is 1. The number of hydrogen-bond donors (Lipinski definition) is 1. The monoisotopic (exact) mass is 354 g/mol. The van der Waals surface area contributed by atoms with Crippen molar-refractivity contribution in [3.63, 3.8) is 0 Å². The third-order valence-electron chi connectivity index (χ3n) is 4.93. The van der Waals surface area contributed by atoms with Gasteiger partial charge < -0.3 is 15.0 Å². The van der Waals surface area contributed by atoms with Crippen LogP contribution in [-0.4, -0.2) is 37.6 Å². The molecule has 1 aliphatic rings. The molecule has 1 fully saturated rings. The summed E-state index contributed by atoms with van der Waals surface area (Å²) in [6, 6.07) is 8.09.